The molecule has 2 aliphatic carbocycles. The number of carboxylic acid groups (broad SMARTS) is 1. The predicted molar refractivity (Wildman–Crippen MR) is 113 cm³/mol. The summed E-state index contributed by atoms with van der Waals surface area (Å²) in [7, 11) is 0. The third kappa shape index (κ3) is 2.61. The van der Waals surface area contributed by atoms with Crippen LogP contribution >= 0.6 is 0 Å². The Morgan fingerprint density at radius 3 is 2.23 bits per heavy atom. The quantitative estimate of drug-likeness (QED) is 0.814. The van der Waals surface area contributed by atoms with Crippen LogP contribution < -0.4 is 0 Å². The highest BCUT2D eigenvalue weighted by Crippen LogP contribution is 2.63. The van der Waals surface area contributed by atoms with E-state index in [4.69, 9.17) is 9.47 Å². The SMILES string of the molecule is CC12CC(C(=O)O)(C1)C(C1CN(C(=O)OCC3c4ccccc4-c4ccccc43)C1)O2. The molecule has 3 heterocycles. The zero-order chi connectivity index (χ0) is 21.4. The minimum absolute atomic E-state index is 0.0361. The molecule has 4 fully saturated rings. The normalized spacial score (nSPS) is 30.9. The van der Waals surface area contributed by atoms with Gasteiger partial charge in [-0.15, -0.1) is 0 Å². The van der Waals surface area contributed by atoms with E-state index in [1.54, 1.807) is 4.90 Å². The van der Waals surface area contributed by atoms with Crippen LogP contribution in [0.15, 0.2) is 48.5 Å². The monoisotopic (exact) mass is 419 g/mol. The highest BCUT2D eigenvalue weighted by Gasteiger charge is 2.72. The Labute approximate surface area is 180 Å². The van der Waals surface area contributed by atoms with Crippen molar-refractivity contribution in [3.8, 4) is 11.1 Å². The maximum Gasteiger partial charge on any atom is 0.409 e. The number of likely N-dealkylation sites (tertiary alicyclic amines) is 1. The van der Waals surface area contributed by atoms with Gasteiger partial charge in [0.25, 0.3) is 0 Å². The molecule has 5 aliphatic rings. The number of carbonyl (C=O) groups is 2. The van der Waals surface area contributed by atoms with Crippen molar-refractivity contribution in [3.05, 3.63) is 59.7 Å². The van der Waals surface area contributed by atoms with Crippen LogP contribution in [-0.4, -0.2) is 53.5 Å². The molecule has 1 unspecified atom stereocenters. The maximum atomic E-state index is 12.7. The van der Waals surface area contributed by atoms with Crippen LogP contribution in [0.2, 0.25) is 0 Å². The number of ether oxygens (including phenoxy) is 2. The number of amides is 1. The van der Waals surface area contributed by atoms with Crippen molar-refractivity contribution in [2.75, 3.05) is 19.7 Å². The molecule has 2 aromatic carbocycles. The number of nitrogens with zero attached hydrogens (tertiary/aromatic N) is 1. The van der Waals surface area contributed by atoms with Gasteiger partial charge in [0.15, 0.2) is 0 Å². The summed E-state index contributed by atoms with van der Waals surface area (Å²) in [5, 5.41) is 9.72. The number of carboxylic acids is 1. The first kappa shape index (κ1) is 18.9. The number of carbonyl (C=O) groups excluding carboxylic acids is 1. The summed E-state index contributed by atoms with van der Waals surface area (Å²) in [5.41, 5.74) is 3.70. The number of benzene rings is 2. The van der Waals surface area contributed by atoms with Gasteiger partial charge in [0.2, 0.25) is 0 Å². The average molecular weight is 419 g/mol. The van der Waals surface area contributed by atoms with E-state index in [9.17, 15) is 14.7 Å². The topological polar surface area (TPSA) is 76.1 Å². The molecule has 2 aromatic rings. The number of hydrogen-bond acceptors (Lipinski definition) is 4. The molecule has 6 nitrogen and oxygen atoms in total. The number of hydrogen-bond donors (Lipinski definition) is 1. The van der Waals surface area contributed by atoms with Gasteiger partial charge in [-0.2, -0.15) is 0 Å². The second-order valence-electron chi connectivity index (χ2n) is 9.77. The lowest BCUT2D eigenvalue weighted by Crippen LogP contribution is -2.59. The summed E-state index contributed by atoms with van der Waals surface area (Å²) in [4.78, 5) is 26.2. The fourth-order valence-corrected chi connectivity index (χ4v) is 6.35. The summed E-state index contributed by atoms with van der Waals surface area (Å²) in [5.74, 6) is -0.679. The molecule has 160 valence electrons. The van der Waals surface area contributed by atoms with Gasteiger partial charge in [-0.3, -0.25) is 4.79 Å². The van der Waals surface area contributed by atoms with Gasteiger partial charge >= 0.3 is 12.1 Å². The fraction of sp³-hybridized carbons (Fsp3) is 0.440. The standard InChI is InChI=1S/C25H25NO5/c1-24-13-25(14-24,22(27)28)21(31-24)15-10-26(11-15)23(29)30-12-20-18-8-4-2-6-16(18)17-7-3-5-9-19(17)20/h2-9,15,20-21H,10-14H2,1H3,(H,27,28). The summed E-state index contributed by atoms with van der Waals surface area (Å²) in [6.45, 7) is 3.26. The lowest BCUT2D eigenvalue weighted by atomic mass is 9.58. The van der Waals surface area contributed by atoms with Crippen molar-refractivity contribution in [3.63, 3.8) is 0 Å². The van der Waals surface area contributed by atoms with Gasteiger partial charge in [0.1, 0.15) is 6.61 Å². The summed E-state index contributed by atoms with van der Waals surface area (Å²) >= 11 is 0. The van der Waals surface area contributed by atoms with Crippen LogP contribution in [0.5, 0.6) is 0 Å². The molecule has 6 heteroatoms. The molecular formula is C25H25NO5. The van der Waals surface area contributed by atoms with Gasteiger partial charge in [-0.1, -0.05) is 48.5 Å². The first-order chi connectivity index (χ1) is 14.9. The van der Waals surface area contributed by atoms with Crippen LogP contribution in [0.25, 0.3) is 11.1 Å². The minimum Gasteiger partial charge on any atom is -0.481 e. The Morgan fingerprint density at radius 1 is 1.06 bits per heavy atom. The fourth-order valence-electron chi connectivity index (χ4n) is 6.35. The molecule has 1 atom stereocenters. The first-order valence-corrected chi connectivity index (χ1v) is 10.9. The largest absolute Gasteiger partial charge is 0.481 e. The van der Waals surface area contributed by atoms with Gasteiger partial charge in [0.05, 0.1) is 17.1 Å². The third-order valence-corrected chi connectivity index (χ3v) is 7.69. The smallest absolute Gasteiger partial charge is 0.409 e. The highest BCUT2D eigenvalue weighted by molar-refractivity contribution is 5.80. The second kappa shape index (κ2) is 6.33. The van der Waals surface area contributed by atoms with Crippen molar-refractivity contribution >= 4 is 12.1 Å². The summed E-state index contributed by atoms with van der Waals surface area (Å²) in [6, 6.07) is 16.5. The molecule has 1 N–H and O–H groups in total. The number of aliphatic carboxylic acids is 1. The molecular weight excluding hydrogens is 394 g/mol. The van der Waals surface area contributed by atoms with E-state index >= 15 is 0 Å². The van der Waals surface area contributed by atoms with Crippen LogP contribution in [0.4, 0.5) is 4.79 Å². The van der Waals surface area contributed by atoms with Crippen LogP contribution in [0.3, 0.4) is 0 Å². The van der Waals surface area contributed by atoms with Crippen molar-refractivity contribution in [1.29, 1.82) is 0 Å². The lowest BCUT2D eigenvalue weighted by Gasteiger charge is -2.45. The first-order valence-electron chi connectivity index (χ1n) is 10.9. The Kier molecular flexibility index (Phi) is 3.85. The summed E-state index contributed by atoms with van der Waals surface area (Å²) < 4.78 is 11.8. The van der Waals surface area contributed by atoms with Crippen LogP contribution in [-0.2, 0) is 14.3 Å². The molecule has 3 saturated heterocycles. The molecule has 0 aromatic heterocycles. The van der Waals surface area contributed by atoms with E-state index in [2.05, 4.69) is 24.3 Å². The van der Waals surface area contributed by atoms with Crippen molar-refractivity contribution < 1.29 is 24.2 Å². The van der Waals surface area contributed by atoms with E-state index in [0.717, 1.165) is 0 Å². The Bertz CT molecular complexity index is 1040. The van der Waals surface area contributed by atoms with Gasteiger partial charge in [-0.25, -0.2) is 4.79 Å². The maximum absolute atomic E-state index is 12.7. The molecule has 0 spiro atoms. The minimum atomic E-state index is -0.771. The number of rotatable bonds is 4. The van der Waals surface area contributed by atoms with Crippen molar-refractivity contribution in [2.45, 2.75) is 37.4 Å². The lowest BCUT2D eigenvalue weighted by molar-refractivity contribution is -0.156. The third-order valence-electron chi connectivity index (χ3n) is 7.69. The van der Waals surface area contributed by atoms with Crippen molar-refractivity contribution in [1.82, 2.24) is 4.90 Å². The molecule has 1 saturated carbocycles. The predicted octanol–water partition coefficient (Wildman–Crippen LogP) is 3.89. The second-order valence-corrected chi connectivity index (χ2v) is 9.77. The van der Waals surface area contributed by atoms with Crippen molar-refractivity contribution in [2.24, 2.45) is 11.3 Å². The Balaban J connectivity index is 1.10. The molecule has 7 rings (SSSR count). The van der Waals surface area contributed by atoms with Crippen LogP contribution in [0, 0.1) is 11.3 Å². The zero-order valence-electron chi connectivity index (χ0n) is 17.4. The zero-order valence-corrected chi connectivity index (χ0v) is 17.4. The van der Waals surface area contributed by atoms with E-state index in [0.29, 0.717) is 32.5 Å². The number of fused-ring (bicyclic) bond motifs is 4. The molecule has 0 radical (unpaired) electrons. The summed E-state index contributed by atoms with van der Waals surface area (Å²) in [6.07, 6.45) is 0.495. The van der Waals surface area contributed by atoms with E-state index in [1.807, 2.05) is 31.2 Å². The van der Waals surface area contributed by atoms with Gasteiger partial charge in [-0.05, 0) is 42.0 Å². The van der Waals surface area contributed by atoms with E-state index < -0.39 is 11.4 Å². The highest BCUT2D eigenvalue weighted by atomic mass is 16.6. The molecule has 2 bridgehead atoms. The molecule has 31 heavy (non-hydrogen) atoms. The average Bonchev–Trinajstić information content (AvgIpc) is 3.29. The van der Waals surface area contributed by atoms with Gasteiger partial charge < -0.3 is 19.5 Å². The molecule has 3 aliphatic heterocycles. The van der Waals surface area contributed by atoms with Gasteiger partial charge in [0, 0.05) is 24.9 Å². The van der Waals surface area contributed by atoms with E-state index in [1.165, 1.54) is 22.3 Å². The Morgan fingerprint density at radius 2 is 1.65 bits per heavy atom. The van der Waals surface area contributed by atoms with Crippen LogP contribution in [0.1, 0.15) is 36.8 Å². The molecule has 1 amide bonds. The Hall–Kier alpha value is -2.86. The van der Waals surface area contributed by atoms with E-state index in [-0.39, 0.29) is 29.6 Å².